The van der Waals surface area contributed by atoms with Crippen LogP contribution in [-0.4, -0.2) is 4.98 Å². The van der Waals surface area contributed by atoms with Crippen LogP contribution in [0.3, 0.4) is 0 Å². The van der Waals surface area contributed by atoms with Crippen LogP contribution >= 0.6 is 0 Å². The maximum atomic E-state index is 5.62. The van der Waals surface area contributed by atoms with Crippen LogP contribution in [0.2, 0.25) is 0 Å². The Hall–Kier alpha value is -1.41. The second-order valence-electron chi connectivity index (χ2n) is 3.12. The molecule has 0 aliphatic heterocycles. The molecule has 2 aromatic rings. The van der Waals surface area contributed by atoms with Gasteiger partial charge in [0, 0.05) is 18.1 Å². The minimum Gasteiger partial charge on any atom is -0.326 e. The van der Waals surface area contributed by atoms with Crippen LogP contribution < -0.4 is 5.73 Å². The van der Waals surface area contributed by atoms with Gasteiger partial charge in [0.1, 0.15) is 0 Å². The molecule has 0 saturated carbocycles. The van der Waals surface area contributed by atoms with Crippen molar-refractivity contribution in [3.63, 3.8) is 0 Å². The molecule has 66 valence electrons. The minimum absolute atomic E-state index is 0.594. The lowest BCUT2D eigenvalue weighted by atomic mass is 10.0. The number of pyridine rings is 1. The molecule has 1 aromatic heterocycles. The van der Waals surface area contributed by atoms with Gasteiger partial charge < -0.3 is 5.73 Å². The Morgan fingerprint density at radius 1 is 1.31 bits per heavy atom. The van der Waals surface area contributed by atoms with E-state index in [9.17, 15) is 0 Å². The van der Waals surface area contributed by atoms with Crippen molar-refractivity contribution < 1.29 is 0 Å². The second-order valence-corrected chi connectivity index (χ2v) is 3.12. The first-order chi connectivity index (χ1) is 6.33. The van der Waals surface area contributed by atoms with Crippen molar-refractivity contribution in [3.05, 3.63) is 41.6 Å². The third kappa shape index (κ3) is 1.29. The highest BCUT2D eigenvalue weighted by atomic mass is 14.6. The first kappa shape index (κ1) is 8.20. The molecule has 0 atom stereocenters. The van der Waals surface area contributed by atoms with E-state index in [-0.39, 0.29) is 0 Å². The van der Waals surface area contributed by atoms with Gasteiger partial charge in [0.05, 0.1) is 5.52 Å². The van der Waals surface area contributed by atoms with E-state index in [1.807, 2.05) is 24.4 Å². The Kier molecular flexibility index (Phi) is 1.99. The van der Waals surface area contributed by atoms with Crippen molar-refractivity contribution in [1.82, 2.24) is 4.98 Å². The highest BCUT2D eigenvalue weighted by Crippen LogP contribution is 2.19. The summed E-state index contributed by atoms with van der Waals surface area (Å²) >= 11 is 0. The summed E-state index contributed by atoms with van der Waals surface area (Å²) in [7, 11) is 0. The van der Waals surface area contributed by atoms with Gasteiger partial charge in [-0.25, -0.2) is 0 Å². The summed E-state index contributed by atoms with van der Waals surface area (Å²) in [6, 6.07) is 8.10. The number of aromatic nitrogens is 1. The molecule has 1 heterocycles. The number of hydrogen-bond acceptors (Lipinski definition) is 2. The largest absolute Gasteiger partial charge is 0.326 e. The molecule has 0 unspecified atom stereocenters. The number of nitrogens with two attached hydrogens (primary N) is 1. The lowest BCUT2D eigenvalue weighted by Gasteiger charge is -2.05. The van der Waals surface area contributed by atoms with E-state index in [4.69, 9.17) is 5.73 Å². The topological polar surface area (TPSA) is 38.9 Å². The molecule has 0 aliphatic rings. The van der Waals surface area contributed by atoms with Gasteiger partial charge in [-0.3, -0.25) is 4.98 Å². The van der Waals surface area contributed by atoms with Crippen LogP contribution in [0.25, 0.3) is 10.9 Å². The van der Waals surface area contributed by atoms with Gasteiger partial charge in [-0.15, -0.1) is 0 Å². The molecule has 0 fully saturated rings. The summed E-state index contributed by atoms with van der Waals surface area (Å²) in [5, 5.41) is 1.20. The SMILES string of the molecule is Cc1c(CN)ccc2ncccc12. The Balaban J connectivity index is 2.79. The molecule has 2 heteroatoms. The molecule has 1 aromatic carbocycles. The zero-order valence-electron chi connectivity index (χ0n) is 7.62. The van der Waals surface area contributed by atoms with Gasteiger partial charge in [-0.2, -0.15) is 0 Å². The molecule has 0 bridgehead atoms. The van der Waals surface area contributed by atoms with Crippen LogP contribution in [0.4, 0.5) is 0 Å². The number of aryl methyl sites for hydroxylation is 1. The van der Waals surface area contributed by atoms with E-state index in [1.165, 1.54) is 16.5 Å². The standard InChI is InChI=1S/C11H12N2/c1-8-9(7-12)4-5-11-10(8)3-2-6-13-11/h2-6H,7,12H2,1H3. The van der Waals surface area contributed by atoms with E-state index in [0.717, 1.165) is 5.52 Å². The lowest BCUT2D eigenvalue weighted by molar-refractivity contribution is 1.05. The van der Waals surface area contributed by atoms with Crippen molar-refractivity contribution in [1.29, 1.82) is 0 Å². The highest BCUT2D eigenvalue weighted by molar-refractivity contribution is 5.82. The van der Waals surface area contributed by atoms with E-state index >= 15 is 0 Å². The third-order valence-electron chi connectivity index (χ3n) is 2.39. The van der Waals surface area contributed by atoms with Crippen molar-refractivity contribution >= 4 is 10.9 Å². The molecule has 0 saturated heterocycles. The average Bonchev–Trinajstić information content (AvgIpc) is 2.19. The predicted molar refractivity (Wildman–Crippen MR) is 54.4 cm³/mol. The molecular formula is C11H12N2. The Morgan fingerprint density at radius 2 is 2.15 bits per heavy atom. The van der Waals surface area contributed by atoms with Crippen molar-refractivity contribution in [2.75, 3.05) is 0 Å². The van der Waals surface area contributed by atoms with Crippen LogP contribution in [0.1, 0.15) is 11.1 Å². The molecular weight excluding hydrogens is 160 g/mol. The smallest absolute Gasteiger partial charge is 0.0704 e. The molecule has 2 N–H and O–H groups in total. The zero-order chi connectivity index (χ0) is 9.26. The number of benzene rings is 1. The van der Waals surface area contributed by atoms with E-state index in [0.29, 0.717) is 6.54 Å². The van der Waals surface area contributed by atoms with E-state index < -0.39 is 0 Å². The molecule has 0 radical (unpaired) electrons. The molecule has 2 nitrogen and oxygen atoms in total. The lowest BCUT2D eigenvalue weighted by Crippen LogP contribution is -1.99. The van der Waals surface area contributed by atoms with Gasteiger partial charge in [0.25, 0.3) is 0 Å². The van der Waals surface area contributed by atoms with Crippen molar-refractivity contribution in [3.8, 4) is 0 Å². The Labute approximate surface area is 77.4 Å². The first-order valence-corrected chi connectivity index (χ1v) is 4.36. The molecule has 2 rings (SSSR count). The number of nitrogens with zero attached hydrogens (tertiary/aromatic N) is 1. The van der Waals surface area contributed by atoms with Gasteiger partial charge >= 0.3 is 0 Å². The van der Waals surface area contributed by atoms with Gasteiger partial charge in [0.2, 0.25) is 0 Å². The maximum Gasteiger partial charge on any atom is 0.0704 e. The first-order valence-electron chi connectivity index (χ1n) is 4.36. The fourth-order valence-corrected chi connectivity index (χ4v) is 1.57. The molecule has 0 spiro atoms. The summed E-state index contributed by atoms with van der Waals surface area (Å²) in [6.45, 7) is 2.68. The average molecular weight is 172 g/mol. The monoisotopic (exact) mass is 172 g/mol. The molecule has 0 aliphatic carbocycles. The number of fused-ring (bicyclic) bond motifs is 1. The fourth-order valence-electron chi connectivity index (χ4n) is 1.57. The number of rotatable bonds is 1. The predicted octanol–water partition coefficient (Wildman–Crippen LogP) is 2.00. The van der Waals surface area contributed by atoms with E-state index in [1.54, 1.807) is 0 Å². The quantitative estimate of drug-likeness (QED) is 0.714. The Morgan fingerprint density at radius 3 is 2.92 bits per heavy atom. The molecule has 0 amide bonds. The summed E-state index contributed by atoms with van der Waals surface area (Å²) in [5.41, 5.74) is 9.10. The van der Waals surface area contributed by atoms with Crippen molar-refractivity contribution in [2.45, 2.75) is 13.5 Å². The van der Waals surface area contributed by atoms with Gasteiger partial charge in [-0.05, 0) is 30.2 Å². The summed E-state index contributed by atoms with van der Waals surface area (Å²) < 4.78 is 0. The van der Waals surface area contributed by atoms with Gasteiger partial charge in [0.15, 0.2) is 0 Å². The summed E-state index contributed by atoms with van der Waals surface area (Å²) in [5.74, 6) is 0. The van der Waals surface area contributed by atoms with E-state index in [2.05, 4.69) is 18.0 Å². The third-order valence-corrected chi connectivity index (χ3v) is 2.39. The number of hydrogen-bond donors (Lipinski definition) is 1. The van der Waals surface area contributed by atoms with Crippen LogP contribution in [0.5, 0.6) is 0 Å². The van der Waals surface area contributed by atoms with Crippen LogP contribution in [0, 0.1) is 6.92 Å². The van der Waals surface area contributed by atoms with Crippen LogP contribution in [0.15, 0.2) is 30.5 Å². The normalized spacial score (nSPS) is 10.6. The maximum absolute atomic E-state index is 5.62. The minimum atomic E-state index is 0.594. The highest BCUT2D eigenvalue weighted by Gasteiger charge is 2.01. The Bertz CT molecular complexity index is 435. The molecule has 13 heavy (non-hydrogen) atoms. The van der Waals surface area contributed by atoms with Gasteiger partial charge in [-0.1, -0.05) is 12.1 Å². The summed E-state index contributed by atoms with van der Waals surface area (Å²) in [4.78, 5) is 4.28. The zero-order valence-corrected chi connectivity index (χ0v) is 7.62. The fraction of sp³-hybridized carbons (Fsp3) is 0.182. The van der Waals surface area contributed by atoms with Crippen molar-refractivity contribution in [2.24, 2.45) is 5.73 Å². The summed E-state index contributed by atoms with van der Waals surface area (Å²) in [6.07, 6.45) is 1.81. The van der Waals surface area contributed by atoms with Crippen LogP contribution in [-0.2, 0) is 6.54 Å². The second kappa shape index (κ2) is 3.15.